The van der Waals surface area contributed by atoms with E-state index >= 15 is 0 Å². The fourth-order valence-electron chi connectivity index (χ4n) is 2.42. The van der Waals surface area contributed by atoms with Gasteiger partial charge >= 0.3 is 0 Å². The van der Waals surface area contributed by atoms with E-state index in [2.05, 4.69) is 10.6 Å². The first-order chi connectivity index (χ1) is 13.0. The second-order valence-corrected chi connectivity index (χ2v) is 5.72. The zero-order valence-electron chi connectivity index (χ0n) is 14.5. The van der Waals surface area contributed by atoms with Crippen molar-refractivity contribution < 1.29 is 18.7 Å². The first-order valence-electron chi connectivity index (χ1n) is 8.17. The van der Waals surface area contributed by atoms with Crippen molar-refractivity contribution in [1.29, 1.82) is 0 Å². The zero-order valence-corrected chi connectivity index (χ0v) is 14.5. The summed E-state index contributed by atoms with van der Waals surface area (Å²) in [5.41, 5.74) is 1.81. The lowest BCUT2D eigenvalue weighted by Gasteiger charge is -2.09. The summed E-state index contributed by atoms with van der Waals surface area (Å²) in [6, 6.07) is 18.7. The molecule has 3 aromatic rings. The molecule has 0 spiro atoms. The minimum Gasteiger partial charge on any atom is -0.497 e. The second kappa shape index (κ2) is 8.14. The number of hydrogen-bond donors (Lipinski definition) is 2. The van der Waals surface area contributed by atoms with Gasteiger partial charge in [-0.2, -0.15) is 0 Å². The summed E-state index contributed by atoms with van der Waals surface area (Å²) in [6.45, 7) is 0. The topological polar surface area (TPSA) is 67.4 Å². The molecule has 0 aliphatic carbocycles. The third kappa shape index (κ3) is 4.70. The minimum absolute atomic E-state index is 0.297. The van der Waals surface area contributed by atoms with Crippen LogP contribution in [0.5, 0.6) is 5.75 Å². The van der Waals surface area contributed by atoms with E-state index in [-0.39, 0.29) is 17.6 Å². The van der Waals surface area contributed by atoms with Crippen LogP contribution in [0, 0.1) is 5.82 Å². The van der Waals surface area contributed by atoms with Crippen molar-refractivity contribution >= 4 is 23.2 Å². The number of carbonyl (C=O) groups excluding carboxylic acids is 2. The number of hydrogen-bond acceptors (Lipinski definition) is 3. The van der Waals surface area contributed by atoms with Crippen molar-refractivity contribution in [3.8, 4) is 5.75 Å². The highest BCUT2D eigenvalue weighted by Crippen LogP contribution is 2.16. The summed E-state index contributed by atoms with van der Waals surface area (Å²) in [5, 5.41) is 5.43. The summed E-state index contributed by atoms with van der Waals surface area (Å²) in [6.07, 6.45) is 0. The molecule has 3 rings (SSSR count). The van der Waals surface area contributed by atoms with Crippen molar-refractivity contribution in [2.75, 3.05) is 17.7 Å². The number of anilines is 2. The Kier molecular flexibility index (Phi) is 5.47. The van der Waals surface area contributed by atoms with E-state index in [1.54, 1.807) is 55.6 Å². The van der Waals surface area contributed by atoms with Gasteiger partial charge < -0.3 is 15.4 Å². The SMILES string of the molecule is COc1ccc(C(=O)Nc2cccc(C(=O)Nc3ccc(F)cc3)c2)cc1. The molecular weight excluding hydrogens is 347 g/mol. The molecule has 3 aromatic carbocycles. The first kappa shape index (κ1) is 18.1. The molecule has 2 amide bonds. The number of halogens is 1. The number of carbonyl (C=O) groups is 2. The van der Waals surface area contributed by atoms with Crippen molar-refractivity contribution in [3.05, 3.63) is 89.7 Å². The third-order valence-electron chi connectivity index (χ3n) is 3.84. The molecule has 0 heterocycles. The lowest BCUT2D eigenvalue weighted by molar-refractivity contribution is 0.101. The van der Waals surface area contributed by atoms with Gasteiger partial charge in [-0.25, -0.2) is 4.39 Å². The maximum atomic E-state index is 12.9. The fourth-order valence-corrected chi connectivity index (χ4v) is 2.42. The van der Waals surface area contributed by atoms with Gasteiger partial charge in [0.15, 0.2) is 0 Å². The van der Waals surface area contributed by atoms with Gasteiger partial charge in [-0.05, 0) is 66.7 Å². The Morgan fingerprint density at radius 1 is 0.778 bits per heavy atom. The summed E-state index contributed by atoms with van der Waals surface area (Å²) in [4.78, 5) is 24.7. The molecule has 6 heteroatoms. The van der Waals surface area contributed by atoms with Gasteiger partial charge in [-0.15, -0.1) is 0 Å². The molecule has 5 nitrogen and oxygen atoms in total. The highest BCUT2D eigenvalue weighted by molar-refractivity contribution is 6.07. The Bertz CT molecular complexity index is 954. The zero-order chi connectivity index (χ0) is 19.2. The van der Waals surface area contributed by atoms with Crippen molar-refractivity contribution in [3.63, 3.8) is 0 Å². The van der Waals surface area contributed by atoms with Crippen LogP contribution in [-0.4, -0.2) is 18.9 Å². The van der Waals surface area contributed by atoms with Crippen molar-refractivity contribution in [1.82, 2.24) is 0 Å². The lowest BCUT2D eigenvalue weighted by Crippen LogP contribution is -2.14. The standard InChI is InChI=1S/C21H17FN2O3/c1-27-19-11-5-14(6-12-19)20(25)24-18-4-2-3-15(13-18)21(26)23-17-9-7-16(22)8-10-17/h2-13H,1H3,(H,23,26)(H,24,25). The lowest BCUT2D eigenvalue weighted by atomic mass is 10.1. The number of rotatable bonds is 5. The molecule has 0 unspecified atom stereocenters. The average molecular weight is 364 g/mol. The van der Waals surface area contributed by atoms with Gasteiger partial charge in [0.2, 0.25) is 0 Å². The van der Waals surface area contributed by atoms with Crippen LogP contribution < -0.4 is 15.4 Å². The molecule has 0 saturated heterocycles. The smallest absolute Gasteiger partial charge is 0.255 e. The van der Waals surface area contributed by atoms with Gasteiger partial charge in [0.05, 0.1) is 7.11 Å². The molecular formula is C21H17FN2O3. The van der Waals surface area contributed by atoms with Crippen LogP contribution in [0.1, 0.15) is 20.7 Å². The van der Waals surface area contributed by atoms with Crippen LogP contribution >= 0.6 is 0 Å². The van der Waals surface area contributed by atoms with E-state index in [9.17, 15) is 14.0 Å². The Balaban J connectivity index is 1.69. The van der Waals surface area contributed by atoms with Crippen LogP contribution in [0.4, 0.5) is 15.8 Å². The highest BCUT2D eigenvalue weighted by atomic mass is 19.1. The number of nitrogens with one attached hydrogen (secondary N) is 2. The van der Waals surface area contributed by atoms with Crippen molar-refractivity contribution in [2.24, 2.45) is 0 Å². The van der Waals surface area contributed by atoms with E-state index in [0.717, 1.165) is 0 Å². The second-order valence-electron chi connectivity index (χ2n) is 5.72. The predicted octanol–water partition coefficient (Wildman–Crippen LogP) is 4.34. The van der Waals surface area contributed by atoms with Crippen LogP contribution in [-0.2, 0) is 0 Å². The van der Waals surface area contributed by atoms with Gasteiger partial charge in [0, 0.05) is 22.5 Å². The molecule has 0 saturated carbocycles. The first-order valence-corrected chi connectivity index (χ1v) is 8.17. The van der Waals surface area contributed by atoms with Gasteiger partial charge in [-0.1, -0.05) is 6.07 Å². The molecule has 0 aliphatic heterocycles. The molecule has 2 N–H and O–H groups in total. The molecule has 27 heavy (non-hydrogen) atoms. The number of amides is 2. The number of benzene rings is 3. The van der Waals surface area contributed by atoms with E-state index in [1.165, 1.54) is 24.3 Å². The number of methoxy groups -OCH3 is 1. The average Bonchev–Trinajstić information content (AvgIpc) is 2.70. The quantitative estimate of drug-likeness (QED) is 0.708. The summed E-state index contributed by atoms with van der Waals surface area (Å²) >= 11 is 0. The van der Waals surface area contributed by atoms with Gasteiger partial charge in [-0.3, -0.25) is 9.59 Å². The molecule has 0 fully saturated rings. The summed E-state index contributed by atoms with van der Waals surface area (Å²) in [5.74, 6) is -0.377. The molecule has 0 aliphatic rings. The molecule has 136 valence electrons. The normalized spacial score (nSPS) is 10.1. The Hall–Kier alpha value is -3.67. The fraction of sp³-hybridized carbons (Fsp3) is 0.0476. The van der Waals surface area contributed by atoms with E-state index in [4.69, 9.17) is 4.74 Å². The number of ether oxygens (including phenoxy) is 1. The van der Waals surface area contributed by atoms with Crippen LogP contribution in [0.3, 0.4) is 0 Å². The molecule has 0 aromatic heterocycles. The van der Waals surface area contributed by atoms with Crippen LogP contribution in [0.15, 0.2) is 72.8 Å². The van der Waals surface area contributed by atoms with Gasteiger partial charge in [0.1, 0.15) is 11.6 Å². The summed E-state index contributed by atoms with van der Waals surface area (Å²) in [7, 11) is 1.55. The van der Waals surface area contributed by atoms with E-state index < -0.39 is 0 Å². The molecule has 0 atom stereocenters. The minimum atomic E-state index is -0.378. The predicted molar refractivity (Wildman–Crippen MR) is 102 cm³/mol. The molecule has 0 bridgehead atoms. The largest absolute Gasteiger partial charge is 0.497 e. The monoisotopic (exact) mass is 364 g/mol. The maximum Gasteiger partial charge on any atom is 0.255 e. The van der Waals surface area contributed by atoms with Gasteiger partial charge in [0.25, 0.3) is 11.8 Å². The Morgan fingerprint density at radius 2 is 1.41 bits per heavy atom. The van der Waals surface area contributed by atoms with Crippen molar-refractivity contribution in [2.45, 2.75) is 0 Å². The molecule has 0 radical (unpaired) electrons. The third-order valence-corrected chi connectivity index (χ3v) is 3.84. The van der Waals surface area contributed by atoms with E-state index in [1.807, 2.05) is 0 Å². The summed E-state index contributed by atoms with van der Waals surface area (Å²) < 4.78 is 18.0. The maximum absolute atomic E-state index is 12.9. The van der Waals surface area contributed by atoms with Crippen LogP contribution in [0.2, 0.25) is 0 Å². The Morgan fingerprint density at radius 3 is 2.07 bits per heavy atom. The van der Waals surface area contributed by atoms with E-state index in [0.29, 0.717) is 28.3 Å². The van der Waals surface area contributed by atoms with Crippen LogP contribution in [0.25, 0.3) is 0 Å². The highest BCUT2D eigenvalue weighted by Gasteiger charge is 2.10. The Labute approximate surface area is 155 Å².